The molecule has 0 aliphatic heterocycles. The van der Waals surface area contributed by atoms with Gasteiger partial charge in [0.25, 0.3) is 0 Å². The Morgan fingerprint density at radius 3 is 2.36 bits per heavy atom. The Morgan fingerprint density at radius 1 is 0.857 bits per heavy atom. The monoisotopic (exact) mass is 498 g/mol. The average Bonchev–Trinajstić information content (AvgIpc) is 2.68. The zero-order valence-corrected chi connectivity index (χ0v) is 17.5. The van der Waals surface area contributed by atoms with Gasteiger partial charge in [0.1, 0.15) is 17.1 Å². The molecule has 0 N–H and O–H groups in total. The summed E-state index contributed by atoms with van der Waals surface area (Å²) in [6, 6.07) is 20.6. The molecule has 0 saturated carbocycles. The van der Waals surface area contributed by atoms with Crippen molar-refractivity contribution in [2.45, 2.75) is 0 Å². The van der Waals surface area contributed by atoms with Crippen LogP contribution in [0.15, 0.2) is 91.0 Å². The van der Waals surface area contributed by atoms with Crippen molar-refractivity contribution in [3.63, 3.8) is 0 Å². The van der Waals surface area contributed by atoms with Crippen molar-refractivity contribution in [1.29, 1.82) is 0 Å². The number of esters is 1. The van der Waals surface area contributed by atoms with E-state index in [2.05, 4.69) is 31.9 Å². The molecule has 4 nitrogen and oxygen atoms in total. The molecule has 0 aliphatic rings. The molecule has 0 atom stereocenters. The van der Waals surface area contributed by atoms with E-state index in [0.29, 0.717) is 22.3 Å². The molecule has 0 amide bonds. The summed E-state index contributed by atoms with van der Waals surface area (Å²) in [7, 11) is 0. The lowest BCUT2D eigenvalue weighted by Gasteiger charge is -2.07. The van der Waals surface area contributed by atoms with Crippen LogP contribution >= 0.6 is 31.9 Å². The fourth-order valence-corrected chi connectivity index (χ4v) is 3.56. The van der Waals surface area contributed by atoms with E-state index in [1.807, 2.05) is 30.3 Å². The zero-order valence-electron chi connectivity index (χ0n) is 14.3. The van der Waals surface area contributed by atoms with Gasteiger partial charge < -0.3 is 9.15 Å². The molecule has 0 aliphatic carbocycles. The van der Waals surface area contributed by atoms with Gasteiger partial charge in [-0.05, 0) is 48.5 Å². The number of carbonyl (C=O) groups is 1. The largest absolute Gasteiger partial charge is 0.456 e. The van der Waals surface area contributed by atoms with E-state index in [1.165, 1.54) is 12.1 Å². The van der Waals surface area contributed by atoms with Gasteiger partial charge in [0.05, 0.1) is 10.9 Å². The summed E-state index contributed by atoms with van der Waals surface area (Å²) < 4.78 is 12.9. The summed E-state index contributed by atoms with van der Waals surface area (Å²) in [5.74, 6) is 0.244. The first-order valence-corrected chi connectivity index (χ1v) is 9.90. The molecule has 1 heterocycles. The standard InChI is InChI=1S/C22H12Br2O4/c23-15-5-1-3-13(9-15)21-12-19(25)18-11-17(7-8-20(18)28-21)27-22(26)14-4-2-6-16(24)10-14/h1-12H. The molecule has 4 aromatic rings. The number of hydrogen-bond donors (Lipinski definition) is 0. The van der Waals surface area contributed by atoms with Gasteiger partial charge >= 0.3 is 5.97 Å². The van der Waals surface area contributed by atoms with E-state index in [9.17, 15) is 9.59 Å². The Hall–Kier alpha value is -2.70. The first-order valence-electron chi connectivity index (χ1n) is 8.31. The number of benzene rings is 3. The molecular formula is C22H12Br2O4. The second kappa shape index (κ2) is 7.73. The third kappa shape index (κ3) is 3.93. The van der Waals surface area contributed by atoms with Crippen LogP contribution in [0.2, 0.25) is 0 Å². The molecule has 138 valence electrons. The minimum atomic E-state index is -0.504. The van der Waals surface area contributed by atoms with Gasteiger partial charge in [-0.3, -0.25) is 4.79 Å². The van der Waals surface area contributed by atoms with Gasteiger partial charge in [0.15, 0.2) is 5.43 Å². The van der Waals surface area contributed by atoms with Crippen LogP contribution in [0, 0.1) is 0 Å². The van der Waals surface area contributed by atoms with E-state index >= 15 is 0 Å². The predicted octanol–water partition coefficient (Wildman–Crippen LogP) is 6.20. The molecule has 0 unspecified atom stereocenters. The number of halogens is 2. The van der Waals surface area contributed by atoms with Gasteiger partial charge in [0, 0.05) is 20.6 Å². The van der Waals surface area contributed by atoms with Crippen LogP contribution in [0.4, 0.5) is 0 Å². The maximum absolute atomic E-state index is 12.6. The van der Waals surface area contributed by atoms with E-state index in [1.54, 1.807) is 30.3 Å². The topological polar surface area (TPSA) is 56.5 Å². The SMILES string of the molecule is O=C(Oc1ccc2oc(-c3cccc(Br)c3)cc(=O)c2c1)c1cccc(Br)c1. The summed E-state index contributed by atoms with van der Waals surface area (Å²) in [6.45, 7) is 0. The maximum atomic E-state index is 12.6. The molecule has 4 rings (SSSR count). The molecule has 0 bridgehead atoms. The van der Waals surface area contributed by atoms with Gasteiger partial charge in [-0.2, -0.15) is 0 Å². The van der Waals surface area contributed by atoms with Gasteiger partial charge in [-0.15, -0.1) is 0 Å². The summed E-state index contributed by atoms with van der Waals surface area (Å²) in [6.07, 6.45) is 0. The van der Waals surface area contributed by atoms with Crippen molar-refractivity contribution in [2.75, 3.05) is 0 Å². The Labute approximate surface area is 177 Å². The quantitative estimate of drug-likeness (QED) is 0.248. The van der Waals surface area contributed by atoms with Crippen molar-refractivity contribution < 1.29 is 13.9 Å². The van der Waals surface area contributed by atoms with Crippen molar-refractivity contribution in [2.24, 2.45) is 0 Å². The minimum absolute atomic E-state index is 0.211. The number of rotatable bonds is 3. The van der Waals surface area contributed by atoms with Crippen LogP contribution in [0.1, 0.15) is 10.4 Å². The lowest BCUT2D eigenvalue weighted by Crippen LogP contribution is -2.09. The lowest BCUT2D eigenvalue weighted by molar-refractivity contribution is 0.0735. The molecule has 3 aromatic carbocycles. The smallest absolute Gasteiger partial charge is 0.343 e. The maximum Gasteiger partial charge on any atom is 0.343 e. The highest BCUT2D eigenvalue weighted by atomic mass is 79.9. The average molecular weight is 500 g/mol. The molecule has 0 spiro atoms. The second-order valence-electron chi connectivity index (χ2n) is 6.04. The highest BCUT2D eigenvalue weighted by Crippen LogP contribution is 2.27. The summed E-state index contributed by atoms with van der Waals surface area (Å²) in [5.41, 5.74) is 1.41. The van der Waals surface area contributed by atoms with Gasteiger partial charge in [-0.1, -0.05) is 50.1 Å². The number of ether oxygens (including phenoxy) is 1. The molecule has 0 saturated heterocycles. The van der Waals surface area contributed by atoms with Gasteiger partial charge in [0.2, 0.25) is 0 Å². The van der Waals surface area contributed by atoms with Crippen LogP contribution in [0.3, 0.4) is 0 Å². The first-order chi connectivity index (χ1) is 13.5. The molecule has 28 heavy (non-hydrogen) atoms. The third-order valence-electron chi connectivity index (χ3n) is 4.08. The highest BCUT2D eigenvalue weighted by molar-refractivity contribution is 9.10. The summed E-state index contributed by atoms with van der Waals surface area (Å²) >= 11 is 6.74. The van der Waals surface area contributed by atoms with E-state index in [-0.39, 0.29) is 11.2 Å². The fraction of sp³-hybridized carbons (Fsp3) is 0. The summed E-state index contributed by atoms with van der Waals surface area (Å²) in [5, 5.41) is 0.346. The number of hydrogen-bond acceptors (Lipinski definition) is 4. The van der Waals surface area contributed by atoms with Crippen LogP contribution < -0.4 is 10.2 Å². The normalized spacial score (nSPS) is 10.8. The third-order valence-corrected chi connectivity index (χ3v) is 5.07. The lowest BCUT2D eigenvalue weighted by atomic mass is 10.1. The zero-order chi connectivity index (χ0) is 19.7. The minimum Gasteiger partial charge on any atom is -0.456 e. The number of fused-ring (bicyclic) bond motifs is 1. The molecule has 0 radical (unpaired) electrons. The first kappa shape index (κ1) is 18.7. The molecule has 1 aromatic heterocycles. The van der Waals surface area contributed by atoms with Crippen LogP contribution in [0.25, 0.3) is 22.3 Å². The van der Waals surface area contributed by atoms with Gasteiger partial charge in [-0.25, -0.2) is 4.79 Å². The molecule has 6 heteroatoms. The van der Waals surface area contributed by atoms with Crippen LogP contribution in [-0.4, -0.2) is 5.97 Å². The Balaban J connectivity index is 1.68. The van der Waals surface area contributed by atoms with E-state index < -0.39 is 5.97 Å². The number of carbonyl (C=O) groups excluding carboxylic acids is 1. The van der Waals surface area contributed by atoms with E-state index in [0.717, 1.165) is 14.5 Å². The van der Waals surface area contributed by atoms with Crippen molar-refractivity contribution in [3.8, 4) is 17.1 Å². The Kier molecular flexibility index (Phi) is 5.15. The predicted molar refractivity (Wildman–Crippen MR) is 115 cm³/mol. The van der Waals surface area contributed by atoms with E-state index in [4.69, 9.17) is 9.15 Å². The summed E-state index contributed by atoms with van der Waals surface area (Å²) in [4.78, 5) is 24.9. The fourth-order valence-electron chi connectivity index (χ4n) is 2.76. The Bertz CT molecular complexity index is 1260. The highest BCUT2D eigenvalue weighted by Gasteiger charge is 2.12. The Morgan fingerprint density at radius 2 is 1.61 bits per heavy atom. The molecular weight excluding hydrogens is 488 g/mol. The molecule has 0 fully saturated rings. The van der Waals surface area contributed by atoms with Crippen LogP contribution in [0.5, 0.6) is 5.75 Å². The second-order valence-corrected chi connectivity index (χ2v) is 7.87. The van der Waals surface area contributed by atoms with Crippen molar-refractivity contribution >= 4 is 48.8 Å². The van der Waals surface area contributed by atoms with Crippen molar-refractivity contribution in [3.05, 3.63) is 97.5 Å². The van der Waals surface area contributed by atoms with Crippen molar-refractivity contribution in [1.82, 2.24) is 0 Å². The van der Waals surface area contributed by atoms with Crippen LogP contribution in [-0.2, 0) is 0 Å².